The average Bonchev–Trinajstić information content (AvgIpc) is 2.35. The number of anilines is 1. The second kappa shape index (κ2) is 6.77. The highest BCUT2D eigenvalue weighted by molar-refractivity contribution is 7.89. The first-order valence-electron chi connectivity index (χ1n) is 7.04. The Morgan fingerprint density at radius 2 is 1.86 bits per heavy atom. The predicted octanol–water partition coefficient (Wildman–Crippen LogP) is 2.15. The summed E-state index contributed by atoms with van der Waals surface area (Å²) in [4.78, 5) is 0.218. The van der Waals surface area contributed by atoms with E-state index in [4.69, 9.17) is 0 Å². The summed E-state index contributed by atoms with van der Waals surface area (Å²) in [5.41, 5.74) is -0.376. The molecule has 0 spiro atoms. The molecule has 5 nitrogen and oxygen atoms in total. The summed E-state index contributed by atoms with van der Waals surface area (Å²) in [6.45, 7) is 6.13. The zero-order valence-electron chi connectivity index (χ0n) is 13.4. The minimum absolute atomic E-state index is 0.218. The molecule has 0 saturated carbocycles. The first-order valence-corrected chi connectivity index (χ1v) is 8.48. The quantitative estimate of drug-likeness (QED) is 0.809. The van der Waals surface area contributed by atoms with Gasteiger partial charge in [0.05, 0.1) is 11.3 Å². The monoisotopic (exact) mass is 314 g/mol. The van der Waals surface area contributed by atoms with E-state index in [-0.39, 0.29) is 4.90 Å². The standard InChI is InChI=1S/C15H26N2O3S/c1-12(2)10-15(3,18)11-16-13-8-6-7-9-14(13)21(19,20)17(4)5/h6-9,12,16,18H,10-11H2,1-5H3. The van der Waals surface area contributed by atoms with Gasteiger partial charge in [0, 0.05) is 20.6 Å². The third-order valence-electron chi connectivity index (χ3n) is 3.15. The fourth-order valence-electron chi connectivity index (χ4n) is 2.27. The van der Waals surface area contributed by atoms with E-state index in [1.165, 1.54) is 18.4 Å². The van der Waals surface area contributed by atoms with E-state index in [1.807, 2.05) is 13.8 Å². The highest BCUT2D eigenvalue weighted by Gasteiger charge is 2.24. The Balaban J connectivity index is 2.96. The molecule has 0 bridgehead atoms. The van der Waals surface area contributed by atoms with Gasteiger partial charge in [0.25, 0.3) is 0 Å². The van der Waals surface area contributed by atoms with Crippen LogP contribution in [-0.2, 0) is 10.0 Å². The van der Waals surface area contributed by atoms with Crippen LogP contribution in [0.4, 0.5) is 5.69 Å². The van der Waals surface area contributed by atoms with Crippen LogP contribution in [0.1, 0.15) is 27.2 Å². The van der Waals surface area contributed by atoms with Gasteiger partial charge < -0.3 is 10.4 Å². The summed E-state index contributed by atoms with van der Waals surface area (Å²) in [5, 5.41) is 13.4. The summed E-state index contributed by atoms with van der Waals surface area (Å²) in [5.74, 6) is 0.363. The largest absolute Gasteiger partial charge is 0.388 e. The molecule has 21 heavy (non-hydrogen) atoms. The topological polar surface area (TPSA) is 69.6 Å². The highest BCUT2D eigenvalue weighted by atomic mass is 32.2. The van der Waals surface area contributed by atoms with Crippen molar-refractivity contribution in [3.8, 4) is 0 Å². The van der Waals surface area contributed by atoms with Crippen molar-refractivity contribution in [1.29, 1.82) is 0 Å². The van der Waals surface area contributed by atoms with E-state index >= 15 is 0 Å². The lowest BCUT2D eigenvalue weighted by atomic mass is 9.94. The molecule has 2 N–H and O–H groups in total. The van der Waals surface area contributed by atoms with Gasteiger partial charge in [-0.3, -0.25) is 0 Å². The molecule has 0 aliphatic rings. The Kier molecular flexibility index (Phi) is 5.78. The molecule has 1 aromatic carbocycles. The summed E-state index contributed by atoms with van der Waals surface area (Å²) in [7, 11) is -0.507. The molecule has 0 aromatic heterocycles. The zero-order chi connectivity index (χ0) is 16.3. The lowest BCUT2D eigenvalue weighted by Crippen LogP contribution is -2.35. The molecular formula is C15H26N2O3S. The Hall–Kier alpha value is -1.11. The lowest BCUT2D eigenvalue weighted by Gasteiger charge is -2.27. The van der Waals surface area contributed by atoms with Gasteiger partial charge in [-0.05, 0) is 31.4 Å². The maximum Gasteiger partial charge on any atom is 0.244 e. The first kappa shape index (κ1) is 17.9. The van der Waals surface area contributed by atoms with Crippen molar-refractivity contribution in [3.05, 3.63) is 24.3 Å². The lowest BCUT2D eigenvalue weighted by molar-refractivity contribution is 0.0515. The van der Waals surface area contributed by atoms with Gasteiger partial charge >= 0.3 is 0 Å². The highest BCUT2D eigenvalue weighted by Crippen LogP contribution is 2.24. The summed E-state index contributed by atoms with van der Waals surface area (Å²) < 4.78 is 25.7. The fourth-order valence-corrected chi connectivity index (χ4v) is 3.33. The van der Waals surface area contributed by atoms with Crippen molar-refractivity contribution in [1.82, 2.24) is 4.31 Å². The van der Waals surface area contributed by atoms with Gasteiger partial charge in [-0.2, -0.15) is 0 Å². The first-order chi connectivity index (χ1) is 9.56. The summed E-state index contributed by atoms with van der Waals surface area (Å²) in [6.07, 6.45) is 0.641. The van der Waals surface area contributed by atoms with Crippen LogP contribution >= 0.6 is 0 Å². The van der Waals surface area contributed by atoms with E-state index in [9.17, 15) is 13.5 Å². The Bertz CT molecular complexity index is 566. The van der Waals surface area contributed by atoms with Crippen LogP contribution in [-0.4, -0.2) is 44.1 Å². The molecule has 120 valence electrons. The van der Waals surface area contributed by atoms with E-state index in [1.54, 1.807) is 31.2 Å². The Morgan fingerprint density at radius 1 is 1.29 bits per heavy atom. The fraction of sp³-hybridized carbons (Fsp3) is 0.600. The van der Waals surface area contributed by atoms with Crippen molar-refractivity contribution in [3.63, 3.8) is 0 Å². The van der Waals surface area contributed by atoms with E-state index < -0.39 is 15.6 Å². The van der Waals surface area contributed by atoms with Crippen molar-refractivity contribution < 1.29 is 13.5 Å². The Morgan fingerprint density at radius 3 is 2.38 bits per heavy atom. The summed E-state index contributed by atoms with van der Waals surface area (Å²) in [6, 6.07) is 6.73. The number of sulfonamides is 1. The van der Waals surface area contributed by atoms with Crippen molar-refractivity contribution >= 4 is 15.7 Å². The molecule has 6 heteroatoms. The van der Waals surface area contributed by atoms with Gasteiger partial charge in [-0.25, -0.2) is 12.7 Å². The van der Waals surface area contributed by atoms with Gasteiger partial charge in [0.15, 0.2) is 0 Å². The number of aliphatic hydroxyl groups is 1. The van der Waals surface area contributed by atoms with Crippen LogP contribution in [0.15, 0.2) is 29.2 Å². The van der Waals surface area contributed by atoms with Crippen LogP contribution in [0.25, 0.3) is 0 Å². The molecular weight excluding hydrogens is 288 g/mol. The van der Waals surface area contributed by atoms with Crippen LogP contribution in [0.3, 0.4) is 0 Å². The molecule has 1 rings (SSSR count). The number of para-hydroxylation sites is 1. The number of nitrogens with zero attached hydrogens (tertiary/aromatic N) is 1. The molecule has 0 fully saturated rings. The van der Waals surface area contributed by atoms with E-state index in [0.29, 0.717) is 24.6 Å². The van der Waals surface area contributed by atoms with Gasteiger partial charge in [0.1, 0.15) is 4.90 Å². The molecule has 0 aliphatic carbocycles. The zero-order valence-corrected chi connectivity index (χ0v) is 14.2. The molecule has 0 aliphatic heterocycles. The normalized spacial score (nSPS) is 15.2. The third kappa shape index (κ3) is 4.98. The maximum absolute atomic E-state index is 12.3. The summed E-state index contributed by atoms with van der Waals surface area (Å²) >= 11 is 0. The molecule has 0 amide bonds. The second-order valence-corrected chi connectivity index (χ2v) is 8.35. The van der Waals surface area contributed by atoms with Crippen molar-refractivity contribution in [2.24, 2.45) is 5.92 Å². The smallest absolute Gasteiger partial charge is 0.244 e. The third-order valence-corrected chi connectivity index (χ3v) is 5.03. The molecule has 0 radical (unpaired) electrons. The van der Waals surface area contributed by atoms with E-state index in [0.717, 1.165) is 0 Å². The maximum atomic E-state index is 12.3. The molecule has 1 unspecified atom stereocenters. The van der Waals surface area contributed by atoms with Crippen LogP contribution in [0, 0.1) is 5.92 Å². The van der Waals surface area contributed by atoms with Gasteiger partial charge in [-0.1, -0.05) is 26.0 Å². The number of hydrogen-bond acceptors (Lipinski definition) is 4. The molecule has 0 heterocycles. The number of rotatable bonds is 7. The van der Waals surface area contributed by atoms with E-state index in [2.05, 4.69) is 5.32 Å². The minimum Gasteiger partial charge on any atom is -0.388 e. The number of benzene rings is 1. The van der Waals surface area contributed by atoms with Crippen LogP contribution in [0.5, 0.6) is 0 Å². The number of hydrogen-bond donors (Lipinski definition) is 2. The molecule has 0 saturated heterocycles. The van der Waals surface area contributed by atoms with Crippen LogP contribution < -0.4 is 5.32 Å². The SMILES string of the molecule is CC(C)CC(C)(O)CNc1ccccc1S(=O)(=O)N(C)C. The van der Waals surface area contributed by atoms with Crippen LogP contribution in [0.2, 0.25) is 0 Å². The number of nitrogens with one attached hydrogen (secondary N) is 1. The second-order valence-electron chi connectivity index (χ2n) is 6.23. The average molecular weight is 314 g/mol. The van der Waals surface area contributed by atoms with Gasteiger partial charge in [-0.15, -0.1) is 0 Å². The van der Waals surface area contributed by atoms with Crippen molar-refractivity contribution in [2.45, 2.75) is 37.7 Å². The minimum atomic E-state index is -3.51. The predicted molar refractivity (Wildman–Crippen MR) is 85.9 cm³/mol. The molecule has 1 atom stereocenters. The van der Waals surface area contributed by atoms with Gasteiger partial charge in [0.2, 0.25) is 10.0 Å². The van der Waals surface area contributed by atoms with Crippen molar-refractivity contribution in [2.75, 3.05) is 26.0 Å². The molecule has 1 aromatic rings. The Labute approximate surface area is 128 Å².